The van der Waals surface area contributed by atoms with Crippen molar-refractivity contribution in [3.05, 3.63) is 53.2 Å². The van der Waals surface area contributed by atoms with Gasteiger partial charge in [0.2, 0.25) is 0 Å². The molecule has 31 heavy (non-hydrogen) atoms. The molecule has 0 aromatic carbocycles. The molecule has 168 valence electrons. The van der Waals surface area contributed by atoms with Gasteiger partial charge in [-0.2, -0.15) is 18.3 Å². The third kappa shape index (κ3) is 5.72. The molecule has 4 heterocycles. The molecule has 12 heteroatoms. The fraction of sp³-hybridized carbons (Fsp3) is 0.474. The summed E-state index contributed by atoms with van der Waals surface area (Å²) in [7, 11) is 0. The third-order valence-corrected chi connectivity index (χ3v) is 5.00. The van der Waals surface area contributed by atoms with E-state index in [0.29, 0.717) is 0 Å². The maximum absolute atomic E-state index is 10.6. The number of rotatable bonds is 4. The number of alkyl halides is 3. The molecular weight excluding hydrogens is 417 g/mol. The van der Waals surface area contributed by atoms with Gasteiger partial charge in [-0.1, -0.05) is 5.16 Å². The van der Waals surface area contributed by atoms with Crippen LogP contribution in [0, 0.1) is 13.8 Å². The predicted molar refractivity (Wildman–Crippen MR) is 102 cm³/mol. The molecule has 0 saturated heterocycles. The first-order chi connectivity index (χ1) is 14.6. The molecule has 0 spiro atoms. The van der Waals surface area contributed by atoms with Crippen molar-refractivity contribution < 1.29 is 27.6 Å². The van der Waals surface area contributed by atoms with Crippen LogP contribution in [0.2, 0.25) is 0 Å². The lowest BCUT2D eigenvalue weighted by atomic mass is 10.2. The molecule has 0 atom stereocenters. The first-order valence-electron chi connectivity index (χ1n) is 9.60. The monoisotopic (exact) mass is 440 g/mol. The number of imidazole rings is 1. The third-order valence-electron chi connectivity index (χ3n) is 5.00. The van der Waals surface area contributed by atoms with E-state index in [9.17, 15) is 13.2 Å². The van der Waals surface area contributed by atoms with Crippen LogP contribution in [-0.2, 0) is 30.8 Å². The number of hydrogen-bond acceptors (Lipinski definition) is 6. The normalized spacial score (nSPS) is 14.5. The van der Waals surface area contributed by atoms with Gasteiger partial charge >= 0.3 is 12.1 Å². The highest BCUT2D eigenvalue weighted by Gasteiger charge is 2.38. The predicted octanol–water partition coefficient (Wildman–Crippen LogP) is 2.42. The molecule has 0 bridgehead atoms. The van der Waals surface area contributed by atoms with E-state index in [2.05, 4.69) is 24.7 Å². The summed E-state index contributed by atoms with van der Waals surface area (Å²) < 4.78 is 41.3. The molecule has 0 amide bonds. The number of aromatic nitrogens is 5. The van der Waals surface area contributed by atoms with E-state index in [1.807, 2.05) is 43.2 Å². The zero-order valence-electron chi connectivity index (χ0n) is 17.1. The van der Waals surface area contributed by atoms with E-state index in [1.54, 1.807) is 0 Å². The minimum Gasteiger partial charge on any atom is -0.475 e. The largest absolute Gasteiger partial charge is 0.490 e. The number of aliphatic carboxylic acids is 1. The van der Waals surface area contributed by atoms with Crippen molar-refractivity contribution in [2.45, 2.75) is 46.1 Å². The Morgan fingerprint density at radius 3 is 2.55 bits per heavy atom. The summed E-state index contributed by atoms with van der Waals surface area (Å²) in [6.45, 7) is 8.61. The number of aryl methyl sites for hydroxylation is 2. The summed E-state index contributed by atoms with van der Waals surface area (Å²) in [6.07, 6.45) is 1.66. The highest BCUT2D eigenvalue weighted by molar-refractivity contribution is 5.73. The smallest absolute Gasteiger partial charge is 0.475 e. The topological polar surface area (TPSA) is 102 Å². The van der Waals surface area contributed by atoms with E-state index < -0.39 is 12.1 Å². The second-order valence-corrected chi connectivity index (χ2v) is 7.15. The van der Waals surface area contributed by atoms with Crippen molar-refractivity contribution in [3.8, 4) is 0 Å². The van der Waals surface area contributed by atoms with Gasteiger partial charge in [-0.25, -0.2) is 9.78 Å². The summed E-state index contributed by atoms with van der Waals surface area (Å²) in [6, 6.07) is 1.95. The number of carboxylic acids is 1. The van der Waals surface area contributed by atoms with Crippen molar-refractivity contribution >= 4 is 5.97 Å². The second-order valence-electron chi connectivity index (χ2n) is 7.15. The molecular formula is C19H23F3N6O3. The molecule has 0 radical (unpaired) electrons. The lowest BCUT2D eigenvalue weighted by Gasteiger charge is -2.19. The Morgan fingerprint density at radius 1 is 1.23 bits per heavy atom. The minimum absolute atomic E-state index is 0.768. The lowest BCUT2D eigenvalue weighted by Crippen LogP contribution is -2.27. The quantitative estimate of drug-likeness (QED) is 0.665. The Bertz CT molecular complexity index is 990. The van der Waals surface area contributed by atoms with Gasteiger partial charge in [0.05, 0.1) is 24.1 Å². The first-order valence-corrected chi connectivity index (χ1v) is 9.60. The van der Waals surface area contributed by atoms with Crippen LogP contribution in [0.5, 0.6) is 0 Å². The van der Waals surface area contributed by atoms with E-state index in [0.717, 1.165) is 50.6 Å². The highest BCUT2D eigenvalue weighted by Crippen LogP contribution is 2.18. The average molecular weight is 440 g/mol. The van der Waals surface area contributed by atoms with Crippen LogP contribution in [0.1, 0.15) is 28.5 Å². The van der Waals surface area contributed by atoms with Gasteiger partial charge < -0.3 is 14.2 Å². The van der Waals surface area contributed by atoms with Crippen LogP contribution in [0.15, 0.2) is 29.2 Å². The van der Waals surface area contributed by atoms with Crippen molar-refractivity contribution in [2.75, 3.05) is 13.1 Å². The van der Waals surface area contributed by atoms with Gasteiger partial charge in [0.25, 0.3) is 0 Å². The molecule has 1 aliphatic rings. The summed E-state index contributed by atoms with van der Waals surface area (Å²) in [5, 5.41) is 15.5. The summed E-state index contributed by atoms with van der Waals surface area (Å²) >= 11 is 0. The number of halogens is 3. The zero-order valence-corrected chi connectivity index (χ0v) is 17.1. The summed E-state index contributed by atoms with van der Waals surface area (Å²) in [5.41, 5.74) is 3.42. The van der Waals surface area contributed by atoms with Crippen molar-refractivity contribution in [1.29, 1.82) is 0 Å². The molecule has 0 unspecified atom stereocenters. The average Bonchev–Trinajstić information content (AvgIpc) is 3.38. The van der Waals surface area contributed by atoms with Crippen LogP contribution in [0.4, 0.5) is 13.2 Å². The number of carbonyl (C=O) groups is 1. The van der Waals surface area contributed by atoms with Crippen LogP contribution < -0.4 is 0 Å². The number of carboxylic acid groups (broad SMARTS) is 1. The Kier molecular flexibility index (Phi) is 6.78. The molecule has 0 saturated carbocycles. The molecule has 3 aromatic rings. The standard InChI is InChI=1S/C17H22N6O.C2HF3O2/c1-13-16(14(2)24-20-13)12-21-7-4-17-18-10-15(23(17)9-8-21)11-22-6-3-5-19-22;3-2(4,5)1(6)7/h3,5-6,10H,4,7-9,11-12H2,1-2H3;(H,6,7). The molecule has 4 rings (SSSR count). The molecule has 9 nitrogen and oxygen atoms in total. The van der Waals surface area contributed by atoms with Gasteiger partial charge in [0.15, 0.2) is 0 Å². The summed E-state index contributed by atoms with van der Waals surface area (Å²) in [5.74, 6) is -0.667. The molecule has 0 aliphatic carbocycles. The lowest BCUT2D eigenvalue weighted by molar-refractivity contribution is -0.192. The van der Waals surface area contributed by atoms with Gasteiger partial charge in [0, 0.05) is 50.6 Å². The summed E-state index contributed by atoms with van der Waals surface area (Å²) in [4.78, 5) is 16.0. The Balaban J connectivity index is 0.000000339. The van der Waals surface area contributed by atoms with Gasteiger partial charge in [-0.3, -0.25) is 9.58 Å². The van der Waals surface area contributed by atoms with E-state index in [4.69, 9.17) is 14.4 Å². The maximum atomic E-state index is 10.6. The van der Waals surface area contributed by atoms with E-state index >= 15 is 0 Å². The first kappa shape index (κ1) is 22.5. The number of nitrogens with zero attached hydrogens (tertiary/aromatic N) is 6. The second kappa shape index (κ2) is 9.33. The minimum atomic E-state index is -5.08. The van der Waals surface area contributed by atoms with Gasteiger partial charge in [-0.05, 0) is 19.9 Å². The van der Waals surface area contributed by atoms with Crippen LogP contribution >= 0.6 is 0 Å². The SMILES string of the molecule is Cc1noc(C)c1CN1CCc2ncc(Cn3cccn3)n2CC1.O=C(O)C(F)(F)F. The van der Waals surface area contributed by atoms with Gasteiger partial charge in [0.1, 0.15) is 11.6 Å². The Labute approximate surface area is 176 Å². The van der Waals surface area contributed by atoms with E-state index in [-0.39, 0.29) is 0 Å². The fourth-order valence-electron chi connectivity index (χ4n) is 3.33. The maximum Gasteiger partial charge on any atom is 0.490 e. The fourth-order valence-corrected chi connectivity index (χ4v) is 3.33. The number of hydrogen-bond donors (Lipinski definition) is 1. The van der Waals surface area contributed by atoms with Gasteiger partial charge in [-0.15, -0.1) is 0 Å². The zero-order chi connectivity index (χ0) is 22.6. The molecule has 1 aliphatic heterocycles. The molecule has 1 N–H and O–H groups in total. The Morgan fingerprint density at radius 2 is 1.97 bits per heavy atom. The molecule has 3 aromatic heterocycles. The highest BCUT2D eigenvalue weighted by atomic mass is 19.4. The van der Waals surface area contributed by atoms with Crippen LogP contribution in [-0.4, -0.2) is 59.7 Å². The molecule has 0 fully saturated rings. The van der Waals surface area contributed by atoms with Crippen molar-refractivity contribution in [3.63, 3.8) is 0 Å². The van der Waals surface area contributed by atoms with Crippen molar-refractivity contribution in [1.82, 2.24) is 29.4 Å². The van der Waals surface area contributed by atoms with Crippen LogP contribution in [0.3, 0.4) is 0 Å². The van der Waals surface area contributed by atoms with E-state index in [1.165, 1.54) is 17.1 Å². The van der Waals surface area contributed by atoms with Crippen molar-refractivity contribution in [2.24, 2.45) is 0 Å². The number of fused-ring (bicyclic) bond motifs is 1. The van der Waals surface area contributed by atoms with Crippen LogP contribution in [0.25, 0.3) is 0 Å². The Hall–Kier alpha value is -3.15.